The van der Waals surface area contributed by atoms with E-state index in [2.05, 4.69) is 235 Å². The third-order valence-corrected chi connectivity index (χ3v) is 14.3. The quantitative estimate of drug-likeness (QED) is 0.145. The lowest BCUT2D eigenvalue weighted by Gasteiger charge is -2.09. The first-order valence-corrected chi connectivity index (χ1v) is 23.9. The van der Waals surface area contributed by atoms with E-state index in [1.807, 2.05) is 4.68 Å². The van der Waals surface area contributed by atoms with Crippen molar-refractivity contribution in [1.82, 2.24) is 28.5 Å². The SMILES string of the molecule is CCn1c2ccccc2c2cc(-c3ccc(-c4nc(-c5ccc(-c6ccc7c(c6)c6ccccc6n7CC)cc5)n(-c5ccc(-c6ccc7c(c6)c6ccccc6n7CC)cc5)n4)cc3)ccc21. The summed E-state index contributed by atoms with van der Waals surface area (Å²) in [4.78, 5) is 5.30. The maximum absolute atomic E-state index is 5.30. The van der Waals surface area contributed by atoms with Gasteiger partial charge in [-0.2, -0.15) is 0 Å². The molecule has 326 valence electrons. The van der Waals surface area contributed by atoms with E-state index in [4.69, 9.17) is 10.1 Å². The molecule has 4 heterocycles. The van der Waals surface area contributed by atoms with Crippen molar-refractivity contribution in [2.75, 3.05) is 0 Å². The summed E-state index contributed by atoms with van der Waals surface area (Å²) in [5.74, 6) is 1.47. The molecule has 0 amide bonds. The molecule has 13 aromatic rings. The van der Waals surface area contributed by atoms with Crippen LogP contribution in [0.3, 0.4) is 0 Å². The highest BCUT2D eigenvalue weighted by Gasteiger charge is 2.18. The van der Waals surface area contributed by atoms with Crippen LogP contribution < -0.4 is 0 Å². The van der Waals surface area contributed by atoms with Crippen LogP contribution in [-0.2, 0) is 19.6 Å². The van der Waals surface area contributed by atoms with Gasteiger partial charge < -0.3 is 13.7 Å². The molecule has 0 N–H and O–H groups in total. The van der Waals surface area contributed by atoms with Crippen molar-refractivity contribution >= 4 is 65.4 Å². The topological polar surface area (TPSA) is 45.5 Å². The molecule has 68 heavy (non-hydrogen) atoms. The fourth-order valence-electron chi connectivity index (χ4n) is 10.9. The van der Waals surface area contributed by atoms with Gasteiger partial charge in [-0.25, -0.2) is 9.67 Å². The average molecular weight is 877 g/mol. The maximum atomic E-state index is 5.30. The monoisotopic (exact) mass is 876 g/mol. The van der Waals surface area contributed by atoms with Crippen LogP contribution in [-0.4, -0.2) is 28.5 Å². The minimum Gasteiger partial charge on any atom is -0.341 e. The van der Waals surface area contributed by atoms with E-state index in [-0.39, 0.29) is 0 Å². The fourth-order valence-corrected chi connectivity index (χ4v) is 10.9. The summed E-state index contributed by atoms with van der Waals surface area (Å²) >= 11 is 0. The Balaban J connectivity index is 0.878. The lowest BCUT2D eigenvalue weighted by atomic mass is 10.0. The molecule has 9 aromatic carbocycles. The van der Waals surface area contributed by atoms with E-state index < -0.39 is 0 Å². The maximum Gasteiger partial charge on any atom is 0.182 e. The fraction of sp³-hybridized carbons (Fsp3) is 0.0968. The molecule has 0 bridgehead atoms. The van der Waals surface area contributed by atoms with Crippen LogP contribution in [0.2, 0.25) is 0 Å². The van der Waals surface area contributed by atoms with Crippen LogP contribution in [0, 0.1) is 0 Å². The van der Waals surface area contributed by atoms with Gasteiger partial charge in [-0.05, 0) is 121 Å². The summed E-state index contributed by atoms with van der Waals surface area (Å²) in [6, 6.07) is 72.9. The van der Waals surface area contributed by atoms with E-state index in [1.165, 1.54) is 82.1 Å². The Labute approximate surface area is 394 Å². The van der Waals surface area contributed by atoms with Gasteiger partial charge in [0.2, 0.25) is 0 Å². The van der Waals surface area contributed by atoms with E-state index in [9.17, 15) is 0 Å². The Kier molecular flexibility index (Phi) is 9.29. The molecule has 6 nitrogen and oxygen atoms in total. The molecule has 0 aliphatic carbocycles. The normalized spacial score (nSPS) is 11.9. The first-order valence-electron chi connectivity index (χ1n) is 23.9. The highest BCUT2D eigenvalue weighted by Crippen LogP contribution is 2.37. The molecule has 0 radical (unpaired) electrons. The summed E-state index contributed by atoms with van der Waals surface area (Å²) in [6.07, 6.45) is 0. The predicted molar refractivity (Wildman–Crippen MR) is 285 cm³/mol. The molecule has 0 spiro atoms. The second kappa shape index (κ2) is 15.9. The molecular formula is C62H48N6. The number of nitrogens with zero attached hydrogens (tertiary/aromatic N) is 6. The summed E-state index contributed by atoms with van der Waals surface area (Å²) in [5, 5.41) is 12.9. The Bertz CT molecular complexity index is 3880. The Morgan fingerprint density at radius 3 is 1.03 bits per heavy atom. The Hall–Kier alpha value is -8.48. The van der Waals surface area contributed by atoms with Crippen LogP contribution in [0.15, 0.2) is 200 Å². The van der Waals surface area contributed by atoms with Gasteiger partial charge in [-0.1, -0.05) is 133 Å². The van der Waals surface area contributed by atoms with Gasteiger partial charge in [0, 0.05) is 96.2 Å². The van der Waals surface area contributed by atoms with E-state index in [0.717, 1.165) is 59.0 Å². The van der Waals surface area contributed by atoms with Crippen LogP contribution in [0.25, 0.3) is 127 Å². The van der Waals surface area contributed by atoms with Crippen LogP contribution in [0.5, 0.6) is 0 Å². The zero-order chi connectivity index (χ0) is 45.5. The Morgan fingerprint density at radius 2 is 0.632 bits per heavy atom. The molecule has 0 saturated heterocycles. The van der Waals surface area contributed by atoms with Gasteiger partial charge in [0.1, 0.15) is 0 Å². The van der Waals surface area contributed by atoms with Crippen molar-refractivity contribution in [2.45, 2.75) is 40.4 Å². The predicted octanol–water partition coefficient (Wildman–Crippen LogP) is 16.0. The van der Waals surface area contributed by atoms with Crippen LogP contribution >= 0.6 is 0 Å². The first-order chi connectivity index (χ1) is 33.6. The van der Waals surface area contributed by atoms with Gasteiger partial charge in [-0.15, -0.1) is 5.10 Å². The summed E-state index contributed by atoms with van der Waals surface area (Å²) < 4.78 is 9.21. The zero-order valence-corrected chi connectivity index (χ0v) is 38.4. The van der Waals surface area contributed by atoms with Crippen molar-refractivity contribution in [3.8, 4) is 61.8 Å². The number of aryl methyl sites for hydroxylation is 3. The molecule has 0 aliphatic heterocycles. The number of benzene rings is 9. The largest absolute Gasteiger partial charge is 0.341 e. The lowest BCUT2D eigenvalue weighted by molar-refractivity contribution is 0.827. The van der Waals surface area contributed by atoms with Gasteiger partial charge in [-0.3, -0.25) is 0 Å². The van der Waals surface area contributed by atoms with Crippen LogP contribution in [0.4, 0.5) is 0 Å². The number of rotatable bonds is 9. The van der Waals surface area contributed by atoms with Crippen molar-refractivity contribution in [3.63, 3.8) is 0 Å². The standard InChI is InChI=1S/C62H48N6/c1-4-65-55-16-10-7-13-49(55)52-37-45(29-34-58(52)65)40-19-23-43(24-20-40)61-63-62(44-25-21-41(22-26-44)46-30-35-59-53(38-46)50-14-8-11-17-56(50)66(59)5-2)68(64-61)48-32-27-42(28-33-48)47-31-36-60-54(39-47)51-15-9-12-18-57(51)67(60)6-3/h7-39H,4-6H2,1-3H3. The molecule has 0 unspecified atom stereocenters. The highest BCUT2D eigenvalue weighted by atomic mass is 15.4. The smallest absolute Gasteiger partial charge is 0.182 e. The van der Waals surface area contributed by atoms with Gasteiger partial charge >= 0.3 is 0 Å². The Morgan fingerprint density at radius 1 is 0.309 bits per heavy atom. The van der Waals surface area contributed by atoms with Gasteiger partial charge in [0.25, 0.3) is 0 Å². The lowest BCUT2D eigenvalue weighted by Crippen LogP contribution is -2.00. The van der Waals surface area contributed by atoms with Crippen molar-refractivity contribution in [2.24, 2.45) is 0 Å². The number of hydrogen-bond donors (Lipinski definition) is 0. The summed E-state index contributed by atoms with van der Waals surface area (Å²) in [6.45, 7) is 9.43. The molecule has 4 aromatic heterocycles. The van der Waals surface area contributed by atoms with Gasteiger partial charge in [0.15, 0.2) is 11.6 Å². The van der Waals surface area contributed by atoms with Crippen LogP contribution in [0.1, 0.15) is 20.8 Å². The minimum atomic E-state index is 0.678. The molecule has 0 saturated carbocycles. The highest BCUT2D eigenvalue weighted by molar-refractivity contribution is 6.11. The first kappa shape index (κ1) is 39.8. The second-order valence-electron chi connectivity index (χ2n) is 17.9. The zero-order valence-electron chi connectivity index (χ0n) is 38.4. The van der Waals surface area contributed by atoms with E-state index in [1.54, 1.807) is 0 Å². The molecular weight excluding hydrogens is 829 g/mol. The molecule has 6 heteroatoms. The molecule has 0 atom stereocenters. The van der Waals surface area contributed by atoms with E-state index >= 15 is 0 Å². The van der Waals surface area contributed by atoms with Crippen molar-refractivity contribution in [3.05, 3.63) is 200 Å². The second-order valence-corrected chi connectivity index (χ2v) is 17.9. The van der Waals surface area contributed by atoms with Crippen molar-refractivity contribution in [1.29, 1.82) is 0 Å². The average Bonchev–Trinajstić information content (AvgIpc) is 4.16. The third-order valence-electron chi connectivity index (χ3n) is 14.3. The summed E-state index contributed by atoms with van der Waals surface area (Å²) in [5.41, 5.74) is 17.5. The minimum absolute atomic E-state index is 0.678. The van der Waals surface area contributed by atoms with Gasteiger partial charge in [0.05, 0.1) is 5.69 Å². The number of para-hydroxylation sites is 3. The number of aromatic nitrogens is 6. The van der Waals surface area contributed by atoms with E-state index in [0.29, 0.717) is 5.82 Å². The molecule has 0 fully saturated rings. The van der Waals surface area contributed by atoms with Crippen molar-refractivity contribution < 1.29 is 0 Å². The molecule has 13 rings (SSSR count). The molecule has 0 aliphatic rings. The number of fused-ring (bicyclic) bond motifs is 9. The summed E-state index contributed by atoms with van der Waals surface area (Å²) in [7, 11) is 0. The number of hydrogen-bond acceptors (Lipinski definition) is 2. The third kappa shape index (κ3) is 6.25.